The van der Waals surface area contributed by atoms with Gasteiger partial charge in [0.15, 0.2) is 0 Å². The summed E-state index contributed by atoms with van der Waals surface area (Å²) < 4.78 is 0. The highest BCUT2D eigenvalue weighted by molar-refractivity contribution is 5.96. The molecule has 0 saturated carbocycles. The monoisotopic (exact) mass is 264 g/mol. The lowest BCUT2D eigenvalue weighted by molar-refractivity contribution is -0.135. The molecule has 0 aromatic heterocycles. The summed E-state index contributed by atoms with van der Waals surface area (Å²) in [5, 5.41) is 11.6. The van der Waals surface area contributed by atoms with E-state index in [0.29, 0.717) is 18.2 Å². The van der Waals surface area contributed by atoms with Crippen LogP contribution in [0.3, 0.4) is 0 Å². The molecule has 1 rings (SSSR count). The van der Waals surface area contributed by atoms with E-state index in [1.54, 1.807) is 24.3 Å². The molecule has 0 heterocycles. The van der Waals surface area contributed by atoms with E-state index in [9.17, 15) is 9.59 Å². The van der Waals surface area contributed by atoms with Crippen molar-refractivity contribution >= 4 is 17.7 Å². The van der Waals surface area contributed by atoms with Crippen LogP contribution in [0.4, 0.5) is 10.5 Å². The van der Waals surface area contributed by atoms with Crippen LogP contribution in [0.2, 0.25) is 0 Å². The maximum absolute atomic E-state index is 12.0. The number of amides is 2. The SMILES string of the molecule is CC(C)CCNC(=O)N(CC(=O)O)c1ccccc1. The zero-order valence-electron chi connectivity index (χ0n) is 11.3. The van der Waals surface area contributed by atoms with Gasteiger partial charge in [0.2, 0.25) is 0 Å². The number of benzene rings is 1. The van der Waals surface area contributed by atoms with Gasteiger partial charge in [-0.2, -0.15) is 0 Å². The number of nitrogens with zero attached hydrogens (tertiary/aromatic N) is 1. The summed E-state index contributed by atoms with van der Waals surface area (Å²) >= 11 is 0. The molecule has 0 unspecified atom stereocenters. The quantitative estimate of drug-likeness (QED) is 0.828. The van der Waals surface area contributed by atoms with E-state index in [-0.39, 0.29) is 12.6 Å². The average molecular weight is 264 g/mol. The molecule has 1 aromatic carbocycles. The van der Waals surface area contributed by atoms with E-state index in [4.69, 9.17) is 5.11 Å². The Kier molecular flexibility index (Phi) is 5.85. The summed E-state index contributed by atoms with van der Waals surface area (Å²) in [6.07, 6.45) is 0.863. The molecule has 0 radical (unpaired) electrons. The number of carbonyl (C=O) groups is 2. The number of carboxylic acid groups (broad SMARTS) is 1. The van der Waals surface area contributed by atoms with Crippen molar-refractivity contribution < 1.29 is 14.7 Å². The number of urea groups is 1. The minimum absolute atomic E-state index is 0.350. The van der Waals surface area contributed by atoms with Gasteiger partial charge < -0.3 is 10.4 Å². The van der Waals surface area contributed by atoms with Crippen LogP contribution < -0.4 is 10.2 Å². The predicted octanol–water partition coefficient (Wildman–Crippen LogP) is 2.33. The number of hydrogen-bond acceptors (Lipinski definition) is 2. The van der Waals surface area contributed by atoms with Gasteiger partial charge in [0, 0.05) is 12.2 Å². The average Bonchev–Trinajstić information content (AvgIpc) is 2.36. The van der Waals surface area contributed by atoms with Crippen LogP contribution in [0, 0.1) is 5.92 Å². The Balaban J connectivity index is 2.69. The van der Waals surface area contributed by atoms with Gasteiger partial charge in [0.1, 0.15) is 6.54 Å². The first-order chi connectivity index (χ1) is 9.00. The van der Waals surface area contributed by atoms with Crippen LogP contribution in [0.25, 0.3) is 0 Å². The lowest BCUT2D eigenvalue weighted by Crippen LogP contribution is -2.43. The summed E-state index contributed by atoms with van der Waals surface area (Å²) in [4.78, 5) is 24.1. The van der Waals surface area contributed by atoms with E-state index in [2.05, 4.69) is 19.2 Å². The maximum Gasteiger partial charge on any atom is 0.323 e. The molecule has 1 aromatic rings. The molecule has 2 amide bonds. The molecule has 104 valence electrons. The molecule has 0 aliphatic rings. The Morgan fingerprint density at radius 3 is 2.42 bits per heavy atom. The molecule has 0 aliphatic heterocycles. The van der Waals surface area contributed by atoms with Crippen LogP contribution in [-0.2, 0) is 4.79 Å². The predicted molar refractivity (Wildman–Crippen MR) is 74.3 cm³/mol. The molecule has 19 heavy (non-hydrogen) atoms. The number of hydrogen-bond donors (Lipinski definition) is 2. The third-order valence-electron chi connectivity index (χ3n) is 2.60. The molecule has 0 spiro atoms. The van der Waals surface area contributed by atoms with Gasteiger partial charge in [-0.3, -0.25) is 9.69 Å². The number of nitrogens with one attached hydrogen (secondary N) is 1. The summed E-state index contributed by atoms with van der Waals surface area (Å²) in [6.45, 7) is 4.33. The first-order valence-corrected chi connectivity index (χ1v) is 6.33. The van der Waals surface area contributed by atoms with Gasteiger partial charge in [-0.15, -0.1) is 0 Å². The zero-order chi connectivity index (χ0) is 14.3. The Morgan fingerprint density at radius 2 is 1.89 bits per heavy atom. The zero-order valence-corrected chi connectivity index (χ0v) is 11.3. The van der Waals surface area contributed by atoms with Crippen molar-refractivity contribution in [2.45, 2.75) is 20.3 Å². The third-order valence-corrected chi connectivity index (χ3v) is 2.60. The fourth-order valence-electron chi connectivity index (χ4n) is 1.59. The minimum Gasteiger partial charge on any atom is -0.480 e. The van der Waals surface area contributed by atoms with Crippen LogP contribution in [0.15, 0.2) is 30.3 Å². The number of carbonyl (C=O) groups excluding carboxylic acids is 1. The first kappa shape index (κ1) is 15.0. The molecule has 0 aliphatic carbocycles. The molecule has 2 N–H and O–H groups in total. The van der Waals surface area contributed by atoms with Crippen molar-refractivity contribution in [1.29, 1.82) is 0 Å². The Morgan fingerprint density at radius 1 is 1.26 bits per heavy atom. The number of aliphatic carboxylic acids is 1. The van der Waals surface area contributed by atoms with Crippen LogP contribution >= 0.6 is 0 Å². The smallest absolute Gasteiger partial charge is 0.323 e. The van der Waals surface area contributed by atoms with E-state index in [1.165, 1.54) is 4.90 Å². The summed E-state index contributed by atoms with van der Waals surface area (Å²) in [5.74, 6) is -0.548. The lowest BCUT2D eigenvalue weighted by atomic mass is 10.1. The second-order valence-corrected chi connectivity index (χ2v) is 4.73. The summed E-state index contributed by atoms with van der Waals surface area (Å²) in [6, 6.07) is 8.40. The highest BCUT2D eigenvalue weighted by Gasteiger charge is 2.18. The van der Waals surface area contributed by atoms with Gasteiger partial charge in [-0.05, 0) is 24.5 Å². The van der Waals surface area contributed by atoms with Crippen molar-refractivity contribution in [2.75, 3.05) is 18.0 Å². The Hall–Kier alpha value is -2.04. The highest BCUT2D eigenvalue weighted by atomic mass is 16.4. The summed E-state index contributed by atoms with van der Waals surface area (Å²) in [7, 11) is 0. The summed E-state index contributed by atoms with van der Waals surface area (Å²) in [5.41, 5.74) is 0.576. The minimum atomic E-state index is -1.04. The molecule has 5 nitrogen and oxygen atoms in total. The second kappa shape index (κ2) is 7.41. The molecule has 0 saturated heterocycles. The number of anilines is 1. The lowest BCUT2D eigenvalue weighted by Gasteiger charge is -2.21. The van der Waals surface area contributed by atoms with Crippen LogP contribution in [0.5, 0.6) is 0 Å². The molecule has 0 bridgehead atoms. The molecule has 0 fully saturated rings. The van der Waals surface area contributed by atoms with E-state index in [0.717, 1.165) is 6.42 Å². The van der Waals surface area contributed by atoms with Crippen LogP contribution in [-0.4, -0.2) is 30.2 Å². The Labute approximate surface area is 113 Å². The van der Waals surface area contributed by atoms with E-state index in [1.807, 2.05) is 6.07 Å². The maximum atomic E-state index is 12.0. The van der Waals surface area contributed by atoms with Crippen molar-refractivity contribution in [3.8, 4) is 0 Å². The van der Waals surface area contributed by atoms with Crippen molar-refractivity contribution in [3.05, 3.63) is 30.3 Å². The van der Waals surface area contributed by atoms with Gasteiger partial charge in [0.05, 0.1) is 0 Å². The molecule has 5 heteroatoms. The number of carboxylic acids is 1. The van der Waals surface area contributed by atoms with Gasteiger partial charge in [-0.25, -0.2) is 4.79 Å². The molecular formula is C14H20N2O3. The number of rotatable bonds is 6. The normalized spacial score (nSPS) is 10.3. The third kappa shape index (κ3) is 5.42. The molecular weight excluding hydrogens is 244 g/mol. The molecule has 0 atom stereocenters. The van der Waals surface area contributed by atoms with Gasteiger partial charge >= 0.3 is 12.0 Å². The van der Waals surface area contributed by atoms with Crippen molar-refractivity contribution in [2.24, 2.45) is 5.92 Å². The fourth-order valence-corrected chi connectivity index (χ4v) is 1.59. The highest BCUT2D eigenvalue weighted by Crippen LogP contribution is 2.13. The largest absolute Gasteiger partial charge is 0.480 e. The van der Waals surface area contributed by atoms with Gasteiger partial charge in [0.25, 0.3) is 0 Å². The topological polar surface area (TPSA) is 69.6 Å². The Bertz CT molecular complexity index is 418. The van der Waals surface area contributed by atoms with E-state index < -0.39 is 5.97 Å². The van der Waals surface area contributed by atoms with E-state index >= 15 is 0 Å². The fraction of sp³-hybridized carbons (Fsp3) is 0.429. The van der Waals surface area contributed by atoms with Gasteiger partial charge in [-0.1, -0.05) is 32.0 Å². The standard InChI is InChI=1S/C14H20N2O3/c1-11(2)8-9-15-14(19)16(10-13(17)18)12-6-4-3-5-7-12/h3-7,11H,8-10H2,1-2H3,(H,15,19)(H,17,18). The first-order valence-electron chi connectivity index (χ1n) is 6.33. The van der Waals surface area contributed by atoms with Crippen LogP contribution in [0.1, 0.15) is 20.3 Å². The number of para-hydroxylation sites is 1. The van der Waals surface area contributed by atoms with Crippen molar-refractivity contribution in [1.82, 2.24) is 5.32 Å². The second-order valence-electron chi connectivity index (χ2n) is 4.73. The van der Waals surface area contributed by atoms with Crippen molar-refractivity contribution in [3.63, 3.8) is 0 Å².